The van der Waals surface area contributed by atoms with Gasteiger partial charge in [0, 0.05) is 17.0 Å². The number of nitrogens with zero attached hydrogens (tertiary/aromatic N) is 3. The summed E-state index contributed by atoms with van der Waals surface area (Å²) in [6.45, 7) is 4.17. The van der Waals surface area contributed by atoms with Crippen LogP contribution in [0.1, 0.15) is 28.2 Å². The van der Waals surface area contributed by atoms with Gasteiger partial charge < -0.3 is 14.1 Å². The lowest BCUT2D eigenvalue weighted by Crippen LogP contribution is -2.13. The number of carbonyl (C=O) groups is 1. The van der Waals surface area contributed by atoms with Crippen LogP contribution in [-0.2, 0) is 22.7 Å². The van der Waals surface area contributed by atoms with E-state index >= 15 is 0 Å². The van der Waals surface area contributed by atoms with Gasteiger partial charge in [0.25, 0.3) is 5.56 Å². The fourth-order valence-corrected chi connectivity index (χ4v) is 4.08. The molecule has 3 heterocycles. The summed E-state index contributed by atoms with van der Waals surface area (Å²) >= 11 is 6.52. The fraction of sp³-hybridized carbons (Fsp3) is 0.154. The van der Waals surface area contributed by atoms with E-state index in [4.69, 9.17) is 20.8 Å². The Labute approximate surface area is 204 Å². The Hall–Kier alpha value is -4.17. The quantitative estimate of drug-likeness (QED) is 0.268. The summed E-state index contributed by atoms with van der Waals surface area (Å²) in [6.07, 6.45) is 2.84. The van der Waals surface area contributed by atoms with Crippen LogP contribution in [0.25, 0.3) is 28.1 Å². The number of aromatic nitrogens is 4. The van der Waals surface area contributed by atoms with Gasteiger partial charge in [-0.05, 0) is 37.6 Å². The molecular formula is C26H21ClN4O4. The number of aryl methyl sites for hydroxylation is 2. The lowest BCUT2D eigenvalue weighted by molar-refractivity contribution is -0.139. The molecule has 2 aromatic carbocycles. The van der Waals surface area contributed by atoms with Gasteiger partial charge in [0.05, 0.1) is 12.2 Å². The van der Waals surface area contributed by atoms with E-state index < -0.39 is 11.5 Å². The molecule has 9 heteroatoms. The molecule has 35 heavy (non-hydrogen) atoms. The summed E-state index contributed by atoms with van der Waals surface area (Å²) in [7, 11) is 0. The van der Waals surface area contributed by atoms with E-state index in [0.717, 1.165) is 5.56 Å². The van der Waals surface area contributed by atoms with Crippen molar-refractivity contribution in [2.45, 2.75) is 27.0 Å². The van der Waals surface area contributed by atoms with Crippen molar-refractivity contribution in [2.24, 2.45) is 0 Å². The maximum Gasteiger partial charge on any atom is 0.331 e. The highest BCUT2D eigenvalue weighted by Gasteiger charge is 2.14. The highest BCUT2D eigenvalue weighted by atomic mass is 35.5. The monoisotopic (exact) mass is 488 g/mol. The summed E-state index contributed by atoms with van der Waals surface area (Å²) in [5.41, 5.74) is 4.25. The van der Waals surface area contributed by atoms with Crippen molar-refractivity contribution in [1.82, 2.24) is 19.7 Å². The van der Waals surface area contributed by atoms with Crippen molar-refractivity contribution in [3.8, 4) is 0 Å². The first-order valence-corrected chi connectivity index (χ1v) is 11.3. The first-order valence-electron chi connectivity index (χ1n) is 10.9. The Bertz CT molecular complexity index is 1640. The average Bonchev–Trinajstić information content (AvgIpc) is 3.35. The molecule has 0 aliphatic rings. The van der Waals surface area contributed by atoms with Crippen LogP contribution < -0.4 is 5.56 Å². The number of H-pyrrole nitrogens is 1. The van der Waals surface area contributed by atoms with Gasteiger partial charge in [-0.2, -0.15) is 5.10 Å². The van der Waals surface area contributed by atoms with Gasteiger partial charge in [-0.3, -0.25) is 4.79 Å². The molecule has 5 aromatic rings. The second-order valence-corrected chi connectivity index (χ2v) is 8.52. The van der Waals surface area contributed by atoms with E-state index in [0.29, 0.717) is 39.4 Å². The number of esters is 1. The Morgan fingerprint density at radius 2 is 1.94 bits per heavy atom. The molecule has 8 nitrogen and oxygen atoms in total. The Balaban J connectivity index is 1.29. The maximum atomic E-state index is 12.4. The van der Waals surface area contributed by atoms with Gasteiger partial charge in [0.1, 0.15) is 28.7 Å². The number of aromatic amines is 1. The van der Waals surface area contributed by atoms with Crippen LogP contribution in [0.3, 0.4) is 0 Å². The van der Waals surface area contributed by atoms with E-state index in [1.54, 1.807) is 16.8 Å². The SMILES string of the molecule is Cc1ccc(Cn2nc(C)c(C=CC(=O)OCc3nc4c(oc5ccccc54)c(=O)[nH]3)c2Cl)cc1. The topological polar surface area (TPSA) is 103 Å². The Morgan fingerprint density at radius 1 is 1.17 bits per heavy atom. The number of benzene rings is 2. The molecule has 0 amide bonds. The first-order chi connectivity index (χ1) is 16.9. The van der Waals surface area contributed by atoms with Crippen LogP contribution in [0.15, 0.2) is 63.8 Å². The molecule has 0 aliphatic carbocycles. The number of para-hydroxylation sites is 1. The number of ether oxygens (including phenoxy) is 1. The Morgan fingerprint density at radius 3 is 2.74 bits per heavy atom. The molecule has 0 bridgehead atoms. The fourth-order valence-electron chi connectivity index (χ4n) is 3.78. The molecule has 176 valence electrons. The zero-order valence-electron chi connectivity index (χ0n) is 19.0. The zero-order chi connectivity index (χ0) is 24.5. The van der Waals surface area contributed by atoms with E-state index in [2.05, 4.69) is 15.1 Å². The van der Waals surface area contributed by atoms with Crippen LogP contribution in [0.4, 0.5) is 0 Å². The van der Waals surface area contributed by atoms with Crippen LogP contribution >= 0.6 is 11.6 Å². The molecule has 0 spiro atoms. The average molecular weight is 489 g/mol. The van der Waals surface area contributed by atoms with E-state index in [1.807, 2.05) is 56.3 Å². The number of nitrogens with one attached hydrogen (secondary N) is 1. The molecular weight excluding hydrogens is 468 g/mol. The first kappa shape index (κ1) is 22.6. The minimum absolute atomic E-state index is 0.133. The number of halogens is 1. The molecule has 0 radical (unpaired) electrons. The maximum absolute atomic E-state index is 12.4. The number of fused-ring (bicyclic) bond motifs is 3. The normalized spacial score (nSPS) is 11.6. The summed E-state index contributed by atoms with van der Waals surface area (Å²) in [6, 6.07) is 15.3. The molecule has 3 aromatic heterocycles. The lowest BCUT2D eigenvalue weighted by Gasteiger charge is -2.04. The largest absolute Gasteiger partial charge is 0.454 e. The molecule has 1 N–H and O–H groups in total. The molecule has 0 saturated carbocycles. The lowest BCUT2D eigenvalue weighted by atomic mass is 10.1. The molecule has 0 unspecified atom stereocenters. The van der Waals surface area contributed by atoms with Crippen LogP contribution in [0.2, 0.25) is 5.15 Å². The molecule has 0 atom stereocenters. The number of hydrogen-bond donors (Lipinski definition) is 1. The number of furan rings is 1. The predicted molar refractivity (Wildman–Crippen MR) is 133 cm³/mol. The van der Waals surface area contributed by atoms with Crippen molar-refractivity contribution in [3.05, 3.63) is 98.3 Å². The third-order valence-corrected chi connectivity index (χ3v) is 5.98. The van der Waals surface area contributed by atoms with Gasteiger partial charge in [-0.25, -0.2) is 14.5 Å². The Kier molecular flexibility index (Phi) is 5.96. The van der Waals surface area contributed by atoms with Crippen molar-refractivity contribution in [3.63, 3.8) is 0 Å². The standard InChI is InChI=1S/C26H21ClN4O4/c1-15-7-9-17(10-8-15)13-31-25(27)18(16(2)30-31)11-12-22(32)34-14-21-28-23-19-5-3-4-6-20(19)35-24(23)26(33)29-21/h3-12H,13-14H2,1-2H3,(H,28,29,33). The second kappa shape index (κ2) is 9.23. The molecule has 0 saturated heterocycles. The van der Waals surface area contributed by atoms with Crippen molar-refractivity contribution in [2.75, 3.05) is 0 Å². The summed E-state index contributed by atoms with van der Waals surface area (Å²) < 4.78 is 12.5. The molecule has 0 aliphatic heterocycles. The minimum atomic E-state index is -0.605. The number of rotatable bonds is 6. The van der Waals surface area contributed by atoms with Crippen molar-refractivity contribution >= 4 is 45.7 Å². The summed E-state index contributed by atoms with van der Waals surface area (Å²) in [5.74, 6) is -0.387. The van der Waals surface area contributed by atoms with Gasteiger partial charge in [0.2, 0.25) is 5.58 Å². The third kappa shape index (κ3) is 4.61. The van der Waals surface area contributed by atoms with Gasteiger partial charge in [-0.15, -0.1) is 0 Å². The van der Waals surface area contributed by atoms with Gasteiger partial charge in [-0.1, -0.05) is 53.6 Å². The summed E-state index contributed by atoms with van der Waals surface area (Å²) in [4.78, 5) is 31.7. The number of carbonyl (C=O) groups excluding carboxylic acids is 1. The second-order valence-electron chi connectivity index (χ2n) is 8.16. The zero-order valence-corrected chi connectivity index (χ0v) is 19.8. The van der Waals surface area contributed by atoms with Crippen LogP contribution in [-0.4, -0.2) is 25.7 Å². The van der Waals surface area contributed by atoms with Gasteiger partial charge >= 0.3 is 5.97 Å². The van der Waals surface area contributed by atoms with Crippen molar-refractivity contribution < 1.29 is 13.9 Å². The molecule has 0 fully saturated rings. The van der Waals surface area contributed by atoms with Crippen LogP contribution in [0.5, 0.6) is 0 Å². The third-order valence-electron chi connectivity index (χ3n) is 5.58. The highest BCUT2D eigenvalue weighted by Crippen LogP contribution is 2.25. The predicted octanol–water partition coefficient (Wildman–Crippen LogP) is 4.94. The number of hydrogen-bond acceptors (Lipinski definition) is 6. The summed E-state index contributed by atoms with van der Waals surface area (Å²) in [5, 5.41) is 5.62. The van der Waals surface area contributed by atoms with Crippen LogP contribution in [0, 0.1) is 13.8 Å². The van der Waals surface area contributed by atoms with E-state index in [1.165, 1.54) is 11.6 Å². The van der Waals surface area contributed by atoms with E-state index in [-0.39, 0.29) is 18.0 Å². The smallest absolute Gasteiger partial charge is 0.331 e. The van der Waals surface area contributed by atoms with Crippen molar-refractivity contribution in [1.29, 1.82) is 0 Å². The highest BCUT2D eigenvalue weighted by molar-refractivity contribution is 6.31. The molecule has 5 rings (SSSR count). The minimum Gasteiger partial charge on any atom is -0.454 e. The van der Waals surface area contributed by atoms with E-state index in [9.17, 15) is 9.59 Å². The van der Waals surface area contributed by atoms with Gasteiger partial charge in [0.15, 0.2) is 0 Å².